The van der Waals surface area contributed by atoms with E-state index in [1.165, 1.54) is 22.1 Å². The number of hydrogen-bond acceptors (Lipinski definition) is 1. The van der Waals surface area contributed by atoms with E-state index in [4.69, 9.17) is 11.6 Å². The maximum atomic E-state index is 6.55. The summed E-state index contributed by atoms with van der Waals surface area (Å²) < 4.78 is 1.91. The molecule has 0 unspecified atom stereocenters. The van der Waals surface area contributed by atoms with Crippen molar-refractivity contribution in [3.05, 3.63) is 64.3 Å². The van der Waals surface area contributed by atoms with Gasteiger partial charge in [0, 0.05) is 17.5 Å². The molecule has 3 rings (SSSR count). The number of halogens is 1. The first-order valence-corrected chi connectivity index (χ1v) is 8.86. The molecule has 0 aliphatic heterocycles. The van der Waals surface area contributed by atoms with Gasteiger partial charge in [-0.1, -0.05) is 57.5 Å². The average molecular weight is 341 g/mol. The Labute approximate surface area is 149 Å². The molecule has 0 aliphatic rings. The number of benzene rings is 2. The van der Waals surface area contributed by atoms with Gasteiger partial charge in [0.1, 0.15) is 0 Å². The molecule has 0 aliphatic carbocycles. The van der Waals surface area contributed by atoms with Gasteiger partial charge < -0.3 is 0 Å². The molecular weight excluding hydrogens is 316 g/mol. The number of aromatic nitrogens is 2. The number of rotatable bonds is 4. The van der Waals surface area contributed by atoms with E-state index in [0.717, 1.165) is 17.0 Å². The smallest absolute Gasteiger partial charge is 0.0679 e. The molecule has 0 fully saturated rings. The average Bonchev–Trinajstić information content (AvgIpc) is 2.90. The highest BCUT2D eigenvalue weighted by Gasteiger charge is 2.23. The minimum Gasteiger partial charge on any atom is -0.268 e. The minimum atomic E-state index is 0.00696. The van der Waals surface area contributed by atoms with Gasteiger partial charge in [-0.2, -0.15) is 5.10 Å². The summed E-state index contributed by atoms with van der Waals surface area (Å²) in [7, 11) is 1.98. The predicted molar refractivity (Wildman–Crippen MR) is 103 cm³/mol. The summed E-state index contributed by atoms with van der Waals surface area (Å²) in [4.78, 5) is 0. The number of nitrogens with zero attached hydrogens (tertiary/aromatic N) is 2. The van der Waals surface area contributed by atoms with Gasteiger partial charge in [0.2, 0.25) is 0 Å². The zero-order chi connectivity index (χ0) is 17.5. The van der Waals surface area contributed by atoms with Crippen LogP contribution in [0.5, 0.6) is 0 Å². The molecule has 126 valence electrons. The second-order valence-corrected chi connectivity index (χ2v) is 8.02. The molecule has 0 amide bonds. The van der Waals surface area contributed by atoms with Crippen molar-refractivity contribution < 1.29 is 0 Å². The van der Waals surface area contributed by atoms with Crippen LogP contribution >= 0.6 is 11.6 Å². The summed E-state index contributed by atoms with van der Waals surface area (Å²) in [6.07, 6.45) is 2.84. The first-order chi connectivity index (χ1) is 11.3. The highest BCUT2D eigenvalue weighted by Crippen LogP contribution is 2.33. The molecule has 0 bridgehead atoms. The van der Waals surface area contributed by atoms with Crippen LogP contribution < -0.4 is 0 Å². The van der Waals surface area contributed by atoms with Gasteiger partial charge in [-0.3, -0.25) is 4.68 Å². The molecule has 0 radical (unpaired) electrons. The van der Waals surface area contributed by atoms with Gasteiger partial charge in [-0.25, -0.2) is 0 Å². The molecule has 0 atom stereocenters. The Hall–Kier alpha value is -1.80. The van der Waals surface area contributed by atoms with Gasteiger partial charge in [0.25, 0.3) is 0 Å². The quantitative estimate of drug-likeness (QED) is 0.580. The van der Waals surface area contributed by atoms with Crippen molar-refractivity contribution in [2.75, 3.05) is 0 Å². The lowest BCUT2D eigenvalue weighted by molar-refractivity contribution is 0.523. The third kappa shape index (κ3) is 3.21. The van der Waals surface area contributed by atoms with Crippen LogP contribution in [0.2, 0.25) is 5.02 Å². The second-order valence-electron chi connectivity index (χ2n) is 7.61. The van der Waals surface area contributed by atoms with E-state index in [1.807, 2.05) is 17.9 Å². The monoisotopic (exact) mass is 340 g/mol. The Morgan fingerprint density at radius 3 is 2.54 bits per heavy atom. The topological polar surface area (TPSA) is 17.8 Å². The molecule has 2 aromatic carbocycles. The molecule has 2 nitrogen and oxygen atoms in total. The number of hydrogen-bond donors (Lipinski definition) is 0. The Morgan fingerprint density at radius 1 is 1.12 bits per heavy atom. The molecule has 24 heavy (non-hydrogen) atoms. The molecule has 0 spiro atoms. The van der Waals surface area contributed by atoms with E-state index in [0.29, 0.717) is 5.92 Å². The van der Waals surface area contributed by atoms with E-state index in [9.17, 15) is 0 Å². The van der Waals surface area contributed by atoms with Gasteiger partial charge in [-0.05, 0) is 52.6 Å². The van der Waals surface area contributed by atoms with Crippen molar-refractivity contribution in [3.63, 3.8) is 0 Å². The van der Waals surface area contributed by atoms with Crippen molar-refractivity contribution in [1.29, 1.82) is 0 Å². The molecule has 1 heterocycles. The van der Waals surface area contributed by atoms with E-state index < -0.39 is 0 Å². The lowest BCUT2D eigenvalue weighted by atomic mass is 9.78. The van der Waals surface area contributed by atoms with Crippen molar-refractivity contribution in [1.82, 2.24) is 9.78 Å². The van der Waals surface area contributed by atoms with Crippen LogP contribution in [0.1, 0.15) is 50.3 Å². The Balaban J connectivity index is 1.92. The summed E-state index contributed by atoms with van der Waals surface area (Å²) in [5.74, 6) is 0.498. The number of fused-ring (bicyclic) bond motifs is 1. The van der Waals surface area contributed by atoms with Crippen LogP contribution in [0.4, 0.5) is 0 Å². The minimum absolute atomic E-state index is 0.00696. The summed E-state index contributed by atoms with van der Waals surface area (Å²) in [5.41, 5.74) is 4.98. The molecule has 3 aromatic rings. The third-order valence-electron chi connectivity index (χ3n) is 4.90. The zero-order valence-electron chi connectivity index (χ0n) is 15.1. The number of aryl methyl sites for hydroxylation is 1. The van der Waals surface area contributed by atoms with Crippen LogP contribution in [0.25, 0.3) is 10.9 Å². The van der Waals surface area contributed by atoms with Crippen LogP contribution in [-0.2, 0) is 18.9 Å². The molecule has 0 saturated carbocycles. The molecule has 0 N–H and O–H groups in total. The first kappa shape index (κ1) is 17.0. The van der Waals surface area contributed by atoms with Crippen LogP contribution in [-0.4, -0.2) is 9.78 Å². The second kappa shape index (κ2) is 6.25. The summed E-state index contributed by atoms with van der Waals surface area (Å²) >= 11 is 6.55. The standard InChI is InChI=1S/C21H25ClN2/c1-14(2)15-6-7-16(19(22)11-15)12-21(3,4)18-8-9-20-17(10-18)13-23-24(20)5/h6-11,13-14H,12H2,1-5H3. The fourth-order valence-corrected chi connectivity index (χ4v) is 3.48. The van der Waals surface area contributed by atoms with Gasteiger partial charge in [-0.15, -0.1) is 0 Å². The molecular formula is C21H25ClN2. The van der Waals surface area contributed by atoms with Crippen LogP contribution in [0.3, 0.4) is 0 Å². The Bertz CT molecular complexity index is 875. The maximum absolute atomic E-state index is 6.55. The third-order valence-corrected chi connectivity index (χ3v) is 5.26. The van der Waals surface area contributed by atoms with Crippen molar-refractivity contribution in [2.45, 2.75) is 45.4 Å². The summed E-state index contributed by atoms with van der Waals surface area (Å²) in [6, 6.07) is 13.1. The van der Waals surface area contributed by atoms with Crippen molar-refractivity contribution in [2.24, 2.45) is 7.05 Å². The van der Waals surface area contributed by atoms with Crippen LogP contribution in [0.15, 0.2) is 42.6 Å². The Morgan fingerprint density at radius 2 is 1.88 bits per heavy atom. The summed E-state index contributed by atoms with van der Waals surface area (Å²) in [5, 5.41) is 6.40. The normalized spacial score (nSPS) is 12.3. The first-order valence-electron chi connectivity index (χ1n) is 8.48. The maximum Gasteiger partial charge on any atom is 0.0679 e. The Kier molecular flexibility index (Phi) is 4.44. The lowest BCUT2D eigenvalue weighted by Crippen LogP contribution is -2.20. The van der Waals surface area contributed by atoms with Crippen LogP contribution in [0, 0.1) is 0 Å². The van der Waals surface area contributed by atoms with E-state index in [-0.39, 0.29) is 5.41 Å². The highest BCUT2D eigenvalue weighted by atomic mass is 35.5. The molecule has 3 heteroatoms. The predicted octanol–water partition coefficient (Wildman–Crippen LogP) is 5.87. The SMILES string of the molecule is CC(C)c1ccc(CC(C)(C)c2ccc3c(cnn3C)c2)c(Cl)c1. The van der Waals surface area contributed by atoms with E-state index >= 15 is 0 Å². The van der Waals surface area contributed by atoms with Gasteiger partial charge >= 0.3 is 0 Å². The van der Waals surface area contributed by atoms with Crippen molar-refractivity contribution >= 4 is 22.5 Å². The molecule has 0 saturated heterocycles. The van der Waals surface area contributed by atoms with E-state index in [2.05, 4.69) is 69.2 Å². The molecule has 1 aromatic heterocycles. The lowest BCUT2D eigenvalue weighted by Gasteiger charge is -2.26. The van der Waals surface area contributed by atoms with Gasteiger partial charge in [0.15, 0.2) is 0 Å². The van der Waals surface area contributed by atoms with Crippen molar-refractivity contribution in [3.8, 4) is 0 Å². The zero-order valence-corrected chi connectivity index (χ0v) is 15.9. The summed E-state index contributed by atoms with van der Waals surface area (Å²) in [6.45, 7) is 8.94. The fraction of sp³-hybridized carbons (Fsp3) is 0.381. The fourth-order valence-electron chi connectivity index (χ4n) is 3.23. The largest absolute Gasteiger partial charge is 0.268 e. The van der Waals surface area contributed by atoms with Gasteiger partial charge in [0.05, 0.1) is 11.7 Å². The van der Waals surface area contributed by atoms with E-state index in [1.54, 1.807) is 0 Å². The highest BCUT2D eigenvalue weighted by molar-refractivity contribution is 6.31.